The van der Waals surface area contributed by atoms with Crippen LogP contribution in [-0.4, -0.2) is 83.0 Å². The first-order valence-electron chi connectivity index (χ1n) is 20.4. The molecule has 0 aliphatic heterocycles. The third-order valence-electron chi connectivity index (χ3n) is 9.95. The number of carbonyl (C=O) groups excluding carboxylic acids is 6. The van der Waals surface area contributed by atoms with E-state index in [9.17, 15) is 33.2 Å². The number of nitrogens with one attached hydrogen (secondary N) is 3. The van der Waals surface area contributed by atoms with Crippen LogP contribution in [0.3, 0.4) is 0 Å². The SMILES string of the molecule is CC(=O)N(C(=O)Cc1ccc2ccccc2c1)[C@@H](Cc1ccc(F)cc1)C(=O)N[C@@H](Cc1ccc(N=C(N)N)cc1)C(=O)N[C@@H](CC(C)C)C(=O)N[C@@H](CCCN=C(N)N)C(N)=O. The third kappa shape index (κ3) is 15.2. The van der Waals surface area contributed by atoms with Crippen molar-refractivity contribution in [2.75, 3.05) is 6.54 Å². The molecule has 4 aromatic rings. The number of benzene rings is 4. The summed E-state index contributed by atoms with van der Waals surface area (Å²) in [7, 11) is 0. The molecule has 63 heavy (non-hydrogen) atoms. The molecule has 334 valence electrons. The smallest absolute Gasteiger partial charge is 0.244 e. The zero-order valence-corrected chi connectivity index (χ0v) is 35.6. The van der Waals surface area contributed by atoms with Crippen molar-refractivity contribution in [3.8, 4) is 0 Å². The Morgan fingerprint density at radius 3 is 1.84 bits per heavy atom. The molecule has 0 saturated carbocycles. The maximum absolute atomic E-state index is 14.6. The van der Waals surface area contributed by atoms with Crippen LogP contribution < -0.4 is 44.6 Å². The number of aliphatic imine (C=N–C) groups is 2. The Hall–Kier alpha value is -7.37. The lowest BCUT2D eigenvalue weighted by molar-refractivity contribution is -0.151. The quantitative estimate of drug-likeness (QED) is 0.0341. The summed E-state index contributed by atoms with van der Waals surface area (Å²) in [5.74, 6) is -5.59. The normalized spacial score (nSPS) is 12.8. The number of nitrogens with zero attached hydrogens (tertiary/aromatic N) is 3. The lowest BCUT2D eigenvalue weighted by Gasteiger charge is -2.31. The molecule has 4 atom stereocenters. The van der Waals surface area contributed by atoms with Gasteiger partial charge in [0.25, 0.3) is 0 Å². The summed E-state index contributed by atoms with van der Waals surface area (Å²) in [5, 5.41) is 9.92. The van der Waals surface area contributed by atoms with E-state index in [4.69, 9.17) is 28.7 Å². The second-order valence-corrected chi connectivity index (χ2v) is 15.6. The molecule has 13 N–H and O–H groups in total. The number of nitrogens with two attached hydrogens (primary N) is 5. The van der Waals surface area contributed by atoms with E-state index in [-0.39, 0.29) is 56.5 Å². The number of hydrogen-bond acceptors (Lipinski definition) is 8. The van der Waals surface area contributed by atoms with Crippen molar-refractivity contribution >= 4 is 63.8 Å². The molecule has 0 heterocycles. The molecule has 0 radical (unpaired) electrons. The first-order chi connectivity index (χ1) is 29.9. The molecule has 0 aromatic heterocycles. The van der Waals surface area contributed by atoms with E-state index >= 15 is 0 Å². The average molecular weight is 866 g/mol. The molecular formula is C45H56FN11O6. The molecule has 0 saturated heterocycles. The Labute approximate surface area is 365 Å². The van der Waals surface area contributed by atoms with E-state index in [1.807, 2.05) is 50.2 Å². The zero-order chi connectivity index (χ0) is 46.2. The van der Waals surface area contributed by atoms with Gasteiger partial charge in [-0.25, -0.2) is 9.38 Å². The minimum Gasteiger partial charge on any atom is -0.370 e. The number of imide groups is 1. The van der Waals surface area contributed by atoms with Gasteiger partial charge in [0.15, 0.2) is 11.9 Å². The van der Waals surface area contributed by atoms with Gasteiger partial charge >= 0.3 is 0 Å². The van der Waals surface area contributed by atoms with Gasteiger partial charge in [0.1, 0.15) is 30.0 Å². The maximum atomic E-state index is 14.6. The number of rotatable bonds is 21. The van der Waals surface area contributed by atoms with Crippen molar-refractivity contribution in [3.63, 3.8) is 0 Å². The van der Waals surface area contributed by atoms with Gasteiger partial charge in [-0.05, 0) is 76.9 Å². The molecule has 6 amide bonds. The van der Waals surface area contributed by atoms with E-state index in [1.54, 1.807) is 30.3 Å². The van der Waals surface area contributed by atoms with Crippen molar-refractivity contribution in [2.45, 2.75) is 83.5 Å². The fourth-order valence-electron chi connectivity index (χ4n) is 6.93. The molecule has 0 spiro atoms. The van der Waals surface area contributed by atoms with Gasteiger partial charge in [-0.2, -0.15) is 0 Å². The standard InChI is InChI=1S/C45H56FN11O6/c1-26(2)21-36(41(61)54-35(40(47)60)9-6-20-52-44(48)49)55-42(62)37(23-28-13-18-34(19-14-28)53-45(50)51)56-43(63)38(24-29-11-16-33(46)17-12-29)57(27(3)58)39(59)25-30-10-15-31-7-4-5-8-32(31)22-30/h4-5,7-8,10-19,22,26,35-38H,6,9,20-21,23-25H2,1-3H3,(H2,47,60)(H,54,61)(H,55,62)(H,56,63)(H4,48,49,52)(H4,50,51,53)/t35-,36-,37-,38-/m0/s1. The first-order valence-corrected chi connectivity index (χ1v) is 20.4. The van der Waals surface area contributed by atoms with Gasteiger partial charge < -0.3 is 44.6 Å². The molecular weight excluding hydrogens is 810 g/mol. The van der Waals surface area contributed by atoms with Crippen LogP contribution >= 0.6 is 0 Å². The predicted molar refractivity (Wildman–Crippen MR) is 239 cm³/mol. The minimum absolute atomic E-state index is 0.108. The van der Waals surface area contributed by atoms with Gasteiger partial charge in [0.05, 0.1) is 12.1 Å². The summed E-state index contributed by atoms with van der Waals surface area (Å²) in [6.07, 6.45) is -0.0675. The van der Waals surface area contributed by atoms with E-state index in [2.05, 4.69) is 25.9 Å². The largest absolute Gasteiger partial charge is 0.370 e. The molecule has 4 rings (SSSR count). The van der Waals surface area contributed by atoms with E-state index in [0.717, 1.165) is 22.6 Å². The summed E-state index contributed by atoms with van der Waals surface area (Å²) in [5.41, 5.74) is 29.4. The number of fused-ring (bicyclic) bond motifs is 1. The van der Waals surface area contributed by atoms with Crippen molar-refractivity contribution in [2.24, 2.45) is 44.6 Å². The van der Waals surface area contributed by atoms with Crippen molar-refractivity contribution in [3.05, 3.63) is 114 Å². The number of carbonyl (C=O) groups is 6. The van der Waals surface area contributed by atoms with Gasteiger partial charge in [-0.1, -0.05) is 80.6 Å². The Morgan fingerprint density at radius 1 is 0.667 bits per heavy atom. The van der Waals surface area contributed by atoms with Crippen LogP contribution in [0.25, 0.3) is 10.8 Å². The molecule has 0 bridgehead atoms. The molecule has 0 fully saturated rings. The van der Waals surface area contributed by atoms with Crippen LogP contribution in [0.4, 0.5) is 10.1 Å². The topological polar surface area (TPSA) is 297 Å². The van der Waals surface area contributed by atoms with E-state index in [1.165, 1.54) is 24.3 Å². The Bertz CT molecular complexity index is 2310. The number of primary amides is 1. The van der Waals surface area contributed by atoms with Gasteiger partial charge in [-0.15, -0.1) is 0 Å². The summed E-state index contributed by atoms with van der Waals surface area (Å²) in [6.45, 7) is 4.99. The van der Waals surface area contributed by atoms with Crippen LogP contribution in [-0.2, 0) is 48.0 Å². The van der Waals surface area contributed by atoms with E-state index < -0.39 is 65.4 Å². The minimum atomic E-state index is -1.51. The van der Waals surface area contributed by atoms with Gasteiger partial charge in [0, 0.05) is 26.3 Å². The Balaban J connectivity index is 1.69. The third-order valence-corrected chi connectivity index (χ3v) is 9.95. The van der Waals surface area contributed by atoms with Crippen molar-refractivity contribution < 1.29 is 33.2 Å². The molecule has 17 nitrogen and oxygen atoms in total. The molecule has 4 aromatic carbocycles. The Morgan fingerprint density at radius 2 is 1.24 bits per heavy atom. The predicted octanol–water partition coefficient (Wildman–Crippen LogP) is 1.69. The fourth-order valence-corrected chi connectivity index (χ4v) is 6.93. The van der Waals surface area contributed by atoms with Crippen LogP contribution in [0, 0.1) is 11.7 Å². The van der Waals surface area contributed by atoms with Crippen molar-refractivity contribution in [1.82, 2.24) is 20.9 Å². The summed E-state index contributed by atoms with van der Waals surface area (Å²) < 4.78 is 14.0. The average Bonchev–Trinajstić information content (AvgIpc) is 3.21. The van der Waals surface area contributed by atoms with Crippen molar-refractivity contribution in [1.29, 1.82) is 0 Å². The highest BCUT2D eigenvalue weighted by Crippen LogP contribution is 2.20. The van der Waals surface area contributed by atoms with Crippen LogP contribution in [0.15, 0.2) is 101 Å². The van der Waals surface area contributed by atoms with Crippen LogP contribution in [0.2, 0.25) is 0 Å². The number of amides is 6. The highest BCUT2D eigenvalue weighted by molar-refractivity contribution is 6.02. The summed E-state index contributed by atoms with van der Waals surface area (Å²) >= 11 is 0. The van der Waals surface area contributed by atoms with Gasteiger partial charge in [-0.3, -0.25) is 38.7 Å². The van der Waals surface area contributed by atoms with Crippen LogP contribution in [0.5, 0.6) is 0 Å². The lowest BCUT2D eigenvalue weighted by Crippen LogP contribution is -2.60. The summed E-state index contributed by atoms with van der Waals surface area (Å²) in [4.78, 5) is 91.5. The van der Waals surface area contributed by atoms with Gasteiger partial charge in [0.2, 0.25) is 35.4 Å². The van der Waals surface area contributed by atoms with E-state index in [0.29, 0.717) is 28.8 Å². The number of halogens is 1. The second-order valence-electron chi connectivity index (χ2n) is 15.6. The molecule has 0 aliphatic carbocycles. The highest BCUT2D eigenvalue weighted by Gasteiger charge is 2.36. The monoisotopic (exact) mass is 865 g/mol. The highest BCUT2D eigenvalue weighted by atomic mass is 19.1. The molecule has 0 aliphatic rings. The zero-order valence-electron chi connectivity index (χ0n) is 35.6. The molecule has 18 heteroatoms. The fraction of sp³-hybridized carbons (Fsp3) is 0.333. The van der Waals surface area contributed by atoms with Crippen LogP contribution in [0.1, 0.15) is 56.7 Å². The molecule has 0 unspecified atom stereocenters. The first kappa shape index (κ1) is 48.3. The number of guanidine groups is 2. The number of hydrogen-bond donors (Lipinski definition) is 8. The second kappa shape index (κ2) is 23.0. The summed E-state index contributed by atoms with van der Waals surface area (Å²) in [6, 6.07) is 19.5. The Kier molecular flexibility index (Phi) is 17.6. The lowest BCUT2D eigenvalue weighted by atomic mass is 9.98. The maximum Gasteiger partial charge on any atom is 0.244 e.